The number of nitrogens with one attached hydrogen (secondary N) is 1. The minimum Gasteiger partial charge on any atom is -0.506 e. The molecule has 0 amide bonds. The number of hydrogen-bond acceptors (Lipinski definition) is 3. The van der Waals surface area contributed by atoms with Crippen LogP contribution in [0.5, 0.6) is 5.75 Å². The summed E-state index contributed by atoms with van der Waals surface area (Å²) >= 11 is 4.53. The third-order valence-electron chi connectivity index (χ3n) is 5.02. The number of hydrogen-bond donors (Lipinski definition) is 2. The molecule has 1 heterocycles. The summed E-state index contributed by atoms with van der Waals surface area (Å²) in [5, 5.41) is 13.6. The van der Waals surface area contributed by atoms with Crippen molar-refractivity contribution >= 4 is 45.2 Å². The van der Waals surface area contributed by atoms with E-state index in [0.29, 0.717) is 11.8 Å². The number of benzene rings is 1. The van der Waals surface area contributed by atoms with Crippen molar-refractivity contribution in [3.63, 3.8) is 0 Å². The Morgan fingerprint density at radius 1 is 1.05 bits per heavy atom. The van der Waals surface area contributed by atoms with Gasteiger partial charge in [0.1, 0.15) is 5.75 Å². The van der Waals surface area contributed by atoms with E-state index in [2.05, 4.69) is 67.5 Å². The number of nitrogens with zero attached hydrogens (tertiary/aromatic N) is 1. The van der Waals surface area contributed by atoms with Crippen molar-refractivity contribution < 1.29 is 5.11 Å². The molecular weight excluding hydrogens is 502 g/mol. The average Bonchev–Trinajstić information content (AvgIpc) is 2.55. The SMILES string of the molecule is Oc1c(I)cc([C@@H](C2CCCCC2)N2CCNCC2)cc1I. The van der Waals surface area contributed by atoms with Crippen molar-refractivity contribution in [2.24, 2.45) is 5.92 Å². The second kappa shape index (κ2) is 7.98. The Labute approximate surface area is 160 Å². The van der Waals surface area contributed by atoms with Crippen molar-refractivity contribution in [2.45, 2.75) is 38.1 Å². The molecule has 1 aliphatic carbocycles. The highest BCUT2D eigenvalue weighted by Crippen LogP contribution is 2.40. The van der Waals surface area contributed by atoms with Crippen LogP contribution in [-0.2, 0) is 0 Å². The first-order chi connectivity index (χ1) is 10.7. The van der Waals surface area contributed by atoms with Gasteiger partial charge in [-0.1, -0.05) is 19.3 Å². The fraction of sp³-hybridized carbons (Fsp3) is 0.647. The molecule has 0 spiro atoms. The van der Waals surface area contributed by atoms with Crippen LogP contribution < -0.4 is 5.32 Å². The summed E-state index contributed by atoms with van der Waals surface area (Å²) < 4.78 is 1.96. The summed E-state index contributed by atoms with van der Waals surface area (Å²) in [6.45, 7) is 4.45. The highest BCUT2D eigenvalue weighted by Gasteiger charge is 2.31. The molecule has 122 valence electrons. The molecule has 0 bridgehead atoms. The summed E-state index contributed by atoms with van der Waals surface area (Å²) in [7, 11) is 0. The van der Waals surface area contributed by atoms with Crippen LogP contribution in [0, 0.1) is 13.1 Å². The highest BCUT2D eigenvalue weighted by atomic mass is 127. The zero-order valence-electron chi connectivity index (χ0n) is 12.8. The lowest BCUT2D eigenvalue weighted by Crippen LogP contribution is -2.47. The summed E-state index contributed by atoms with van der Waals surface area (Å²) in [6, 6.07) is 4.93. The van der Waals surface area contributed by atoms with Crippen LogP contribution in [0.15, 0.2) is 12.1 Å². The molecule has 2 fully saturated rings. The molecule has 0 unspecified atom stereocenters. The van der Waals surface area contributed by atoms with Gasteiger partial charge in [-0.3, -0.25) is 4.90 Å². The standard InChI is InChI=1S/C17H24I2N2O/c18-14-10-13(11-15(19)17(14)22)16(12-4-2-1-3-5-12)21-8-6-20-7-9-21/h10-12,16,20,22H,1-9H2/t16-/m1/s1. The first-order valence-electron chi connectivity index (χ1n) is 8.29. The second-order valence-electron chi connectivity index (χ2n) is 6.46. The quantitative estimate of drug-likeness (QED) is 0.582. The smallest absolute Gasteiger partial charge is 0.142 e. The van der Waals surface area contributed by atoms with Gasteiger partial charge >= 0.3 is 0 Å². The van der Waals surface area contributed by atoms with Crippen LogP contribution in [-0.4, -0.2) is 36.2 Å². The molecule has 0 radical (unpaired) electrons. The van der Waals surface area contributed by atoms with Crippen molar-refractivity contribution in [3.05, 3.63) is 24.8 Å². The normalized spacial score (nSPS) is 22.6. The number of phenolic OH excluding ortho intramolecular Hbond substituents is 1. The number of halogens is 2. The van der Waals surface area contributed by atoms with E-state index in [1.807, 2.05) is 0 Å². The zero-order chi connectivity index (χ0) is 15.5. The average molecular weight is 526 g/mol. The molecule has 1 aromatic carbocycles. The Balaban J connectivity index is 1.92. The van der Waals surface area contributed by atoms with Crippen molar-refractivity contribution in [1.29, 1.82) is 0 Å². The first-order valence-corrected chi connectivity index (χ1v) is 10.5. The van der Waals surface area contributed by atoms with E-state index in [-0.39, 0.29) is 0 Å². The third kappa shape index (κ3) is 3.89. The Bertz CT molecular complexity index is 470. The lowest BCUT2D eigenvalue weighted by Gasteiger charge is -2.41. The van der Waals surface area contributed by atoms with Gasteiger partial charge in [-0.25, -0.2) is 0 Å². The summed E-state index contributed by atoms with van der Waals surface area (Å²) in [5.74, 6) is 1.20. The minimum absolute atomic E-state index is 0.438. The molecule has 5 heteroatoms. The van der Waals surface area contributed by atoms with Gasteiger partial charge in [-0.05, 0) is 81.6 Å². The van der Waals surface area contributed by atoms with Crippen LogP contribution >= 0.6 is 45.2 Å². The number of aromatic hydroxyl groups is 1. The molecule has 22 heavy (non-hydrogen) atoms. The predicted octanol–water partition coefficient (Wildman–Crippen LogP) is 4.13. The maximum absolute atomic E-state index is 10.1. The van der Waals surface area contributed by atoms with Gasteiger partial charge in [-0.2, -0.15) is 0 Å². The molecular formula is C17H24I2N2O. The maximum atomic E-state index is 10.1. The Morgan fingerprint density at radius 3 is 2.23 bits per heavy atom. The van der Waals surface area contributed by atoms with E-state index in [0.717, 1.165) is 39.2 Å². The van der Waals surface area contributed by atoms with E-state index in [9.17, 15) is 5.11 Å². The van der Waals surface area contributed by atoms with Crippen LogP contribution in [0.2, 0.25) is 0 Å². The van der Waals surface area contributed by atoms with Crippen LogP contribution in [0.25, 0.3) is 0 Å². The molecule has 2 N–H and O–H groups in total. The van der Waals surface area contributed by atoms with Crippen molar-refractivity contribution in [2.75, 3.05) is 26.2 Å². The van der Waals surface area contributed by atoms with Crippen LogP contribution in [0.3, 0.4) is 0 Å². The second-order valence-corrected chi connectivity index (χ2v) is 8.79. The molecule has 1 saturated carbocycles. The van der Waals surface area contributed by atoms with Crippen LogP contribution in [0.4, 0.5) is 0 Å². The Kier molecular flexibility index (Phi) is 6.25. The van der Waals surface area contributed by atoms with E-state index in [1.54, 1.807) is 0 Å². The number of rotatable bonds is 3. The largest absolute Gasteiger partial charge is 0.506 e. The zero-order valence-corrected chi connectivity index (χ0v) is 17.1. The molecule has 1 saturated heterocycles. The van der Waals surface area contributed by atoms with Gasteiger partial charge in [0.15, 0.2) is 0 Å². The van der Waals surface area contributed by atoms with Gasteiger partial charge in [0.2, 0.25) is 0 Å². The van der Waals surface area contributed by atoms with Gasteiger partial charge in [0.05, 0.1) is 7.14 Å². The monoisotopic (exact) mass is 526 g/mol. The summed E-state index contributed by atoms with van der Waals surface area (Å²) in [5.41, 5.74) is 1.40. The van der Waals surface area contributed by atoms with Gasteiger partial charge in [0, 0.05) is 32.2 Å². The lowest BCUT2D eigenvalue weighted by molar-refractivity contribution is 0.103. The molecule has 2 aliphatic rings. The highest BCUT2D eigenvalue weighted by molar-refractivity contribution is 14.1. The minimum atomic E-state index is 0.438. The third-order valence-corrected chi connectivity index (χ3v) is 6.67. The molecule has 1 aliphatic heterocycles. The maximum Gasteiger partial charge on any atom is 0.142 e. The summed E-state index contributed by atoms with van der Waals surface area (Å²) in [4.78, 5) is 2.67. The number of phenols is 1. The Morgan fingerprint density at radius 2 is 1.64 bits per heavy atom. The fourth-order valence-electron chi connectivity index (χ4n) is 3.95. The van der Waals surface area contributed by atoms with E-state index in [1.165, 1.54) is 37.7 Å². The van der Waals surface area contributed by atoms with E-state index < -0.39 is 0 Å². The summed E-state index contributed by atoms with van der Waals surface area (Å²) in [6.07, 6.45) is 6.85. The molecule has 3 rings (SSSR count). The van der Waals surface area contributed by atoms with Gasteiger partial charge in [0.25, 0.3) is 0 Å². The molecule has 1 atom stereocenters. The van der Waals surface area contributed by atoms with E-state index in [4.69, 9.17) is 0 Å². The first kappa shape index (κ1) is 17.2. The van der Waals surface area contributed by atoms with Crippen LogP contribution in [0.1, 0.15) is 43.7 Å². The van der Waals surface area contributed by atoms with Gasteiger partial charge in [-0.15, -0.1) is 0 Å². The molecule has 1 aromatic rings. The number of piperazine rings is 1. The predicted molar refractivity (Wildman–Crippen MR) is 107 cm³/mol. The Hall–Kier alpha value is 0.400. The fourth-order valence-corrected chi connectivity index (χ4v) is 5.76. The molecule has 0 aromatic heterocycles. The topological polar surface area (TPSA) is 35.5 Å². The van der Waals surface area contributed by atoms with E-state index >= 15 is 0 Å². The van der Waals surface area contributed by atoms with Gasteiger partial charge < -0.3 is 10.4 Å². The van der Waals surface area contributed by atoms with Crippen molar-refractivity contribution in [1.82, 2.24) is 10.2 Å². The van der Waals surface area contributed by atoms with Crippen molar-refractivity contribution in [3.8, 4) is 5.75 Å². The molecule has 3 nitrogen and oxygen atoms in total. The lowest BCUT2D eigenvalue weighted by atomic mass is 9.80.